The molecule has 1 aliphatic carbocycles. The maximum atomic E-state index is 3.73. The molecule has 0 aromatic carbocycles. The molecule has 1 saturated carbocycles. The molecule has 0 aliphatic heterocycles. The minimum Gasteiger partial charge on any atom is -0.0879 e. The molecule has 3 unspecified atom stereocenters. The minimum atomic E-state index is 0.762. The number of hydrogen-bond donors (Lipinski definition) is 0. The fraction of sp³-hybridized carbons (Fsp3) is 1.00. The second-order valence-corrected chi connectivity index (χ2v) is 7.33. The molecule has 3 heteroatoms. The first-order valence-corrected chi connectivity index (χ1v) is 7.03. The molecular weight excluding hydrogens is 418 g/mol. The first-order chi connectivity index (χ1) is 4.70. The molecule has 3 atom stereocenters. The van der Waals surface area contributed by atoms with Crippen molar-refractivity contribution in [2.45, 2.75) is 38.4 Å². The molecule has 0 amide bonds. The Morgan fingerprint density at radius 1 is 1.20 bits per heavy atom. The van der Waals surface area contributed by atoms with E-state index < -0.39 is 0 Å². The Kier molecular flexibility index (Phi) is 4.85. The molecule has 0 N–H and O–H groups in total. The van der Waals surface area contributed by atoms with Gasteiger partial charge in [0, 0.05) is 12.7 Å². The molecule has 10 heavy (non-hydrogen) atoms. The highest BCUT2D eigenvalue weighted by atomic mass is 127. The summed E-state index contributed by atoms with van der Waals surface area (Å²) in [5, 5.41) is 0. The fourth-order valence-electron chi connectivity index (χ4n) is 1.23. The van der Waals surface area contributed by atoms with Crippen LogP contribution in [0.25, 0.3) is 0 Å². The molecule has 0 aromatic heterocycles. The Labute approximate surface area is 98.3 Å². The summed E-state index contributed by atoms with van der Waals surface area (Å²) < 4.78 is 1.76. The largest absolute Gasteiger partial charge is 0.0879 e. The lowest BCUT2D eigenvalue weighted by Crippen LogP contribution is -2.13. The summed E-state index contributed by atoms with van der Waals surface area (Å²) in [5.41, 5.74) is 0. The number of halogens is 3. The van der Waals surface area contributed by atoms with Gasteiger partial charge in [-0.1, -0.05) is 67.5 Å². The molecule has 0 heterocycles. The molecule has 0 saturated heterocycles. The minimum absolute atomic E-state index is 0.762. The lowest BCUT2D eigenvalue weighted by molar-refractivity contribution is 0.734. The van der Waals surface area contributed by atoms with Crippen LogP contribution in [0.2, 0.25) is 0 Å². The van der Waals surface area contributed by atoms with Crippen LogP contribution in [0.1, 0.15) is 25.7 Å². The summed E-state index contributed by atoms with van der Waals surface area (Å²) in [6.07, 6.45) is 5.59. The van der Waals surface area contributed by atoms with Gasteiger partial charge in [0.2, 0.25) is 0 Å². The third kappa shape index (κ3) is 3.13. The second-order valence-electron chi connectivity index (χ2n) is 2.80. The van der Waals surface area contributed by atoms with Crippen LogP contribution >= 0.6 is 61.1 Å². The number of hydrogen-bond acceptors (Lipinski definition) is 0. The SMILES string of the molecule is BrC1CC(I)CCCC1I. The van der Waals surface area contributed by atoms with Crippen molar-refractivity contribution < 1.29 is 0 Å². The Balaban J connectivity index is 2.41. The van der Waals surface area contributed by atoms with E-state index in [1.54, 1.807) is 0 Å². The normalized spacial score (nSPS) is 42.9. The molecular formula is C7H11BrI2. The van der Waals surface area contributed by atoms with Crippen LogP contribution in [0.5, 0.6) is 0 Å². The van der Waals surface area contributed by atoms with Gasteiger partial charge in [0.05, 0.1) is 0 Å². The van der Waals surface area contributed by atoms with Gasteiger partial charge in [-0.3, -0.25) is 0 Å². The summed E-state index contributed by atoms with van der Waals surface area (Å²) in [7, 11) is 0. The Morgan fingerprint density at radius 3 is 2.60 bits per heavy atom. The van der Waals surface area contributed by atoms with Crippen molar-refractivity contribution >= 4 is 61.1 Å². The Morgan fingerprint density at radius 2 is 1.90 bits per heavy atom. The summed E-state index contributed by atoms with van der Waals surface area (Å²) in [6, 6.07) is 0. The summed E-state index contributed by atoms with van der Waals surface area (Å²) in [5.74, 6) is 0. The van der Waals surface area contributed by atoms with E-state index in [9.17, 15) is 0 Å². The average Bonchev–Trinajstić information content (AvgIpc) is 1.96. The van der Waals surface area contributed by atoms with Gasteiger partial charge in [0.1, 0.15) is 0 Å². The van der Waals surface area contributed by atoms with E-state index in [0.29, 0.717) is 0 Å². The van der Waals surface area contributed by atoms with E-state index in [1.807, 2.05) is 0 Å². The molecule has 0 radical (unpaired) electrons. The molecule has 1 fully saturated rings. The van der Waals surface area contributed by atoms with E-state index in [4.69, 9.17) is 0 Å². The maximum Gasteiger partial charge on any atom is 0.0273 e. The Bertz CT molecular complexity index is 108. The van der Waals surface area contributed by atoms with Crippen LogP contribution in [0.15, 0.2) is 0 Å². The van der Waals surface area contributed by atoms with E-state index >= 15 is 0 Å². The first kappa shape index (κ1) is 10.0. The first-order valence-electron chi connectivity index (χ1n) is 3.62. The van der Waals surface area contributed by atoms with Crippen LogP contribution in [0, 0.1) is 0 Å². The third-order valence-corrected chi connectivity index (χ3v) is 6.49. The van der Waals surface area contributed by atoms with E-state index in [1.165, 1.54) is 25.7 Å². The van der Waals surface area contributed by atoms with E-state index in [2.05, 4.69) is 61.1 Å². The third-order valence-electron chi connectivity index (χ3n) is 1.87. The van der Waals surface area contributed by atoms with Crippen molar-refractivity contribution in [3.63, 3.8) is 0 Å². The van der Waals surface area contributed by atoms with Gasteiger partial charge in [-0.15, -0.1) is 0 Å². The second kappa shape index (κ2) is 4.84. The van der Waals surface area contributed by atoms with Crippen molar-refractivity contribution in [2.24, 2.45) is 0 Å². The molecule has 0 nitrogen and oxygen atoms in total. The molecule has 0 aromatic rings. The van der Waals surface area contributed by atoms with E-state index in [0.717, 1.165) is 12.7 Å². The number of alkyl halides is 3. The summed E-state index contributed by atoms with van der Waals surface area (Å²) in [6.45, 7) is 0. The van der Waals surface area contributed by atoms with Gasteiger partial charge in [0.15, 0.2) is 0 Å². The van der Waals surface area contributed by atoms with Crippen molar-refractivity contribution in [2.75, 3.05) is 0 Å². The van der Waals surface area contributed by atoms with Crippen molar-refractivity contribution in [3.05, 3.63) is 0 Å². The van der Waals surface area contributed by atoms with Crippen molar-refractivity contribution in [1.29, 1.82) is 0 Å². The van der Waals surface area contributed by atoms with Gasteiger partial charge in [0.25, 0.3) is 0 Å². The standard InChI is InChI=1S/C7H11BrI2/c8-6-4-5(9)2-1-3-7(6)10/h5-7H,1-4H2. The molecule has 60 valence electrons. The summed E-state index contributed by atoms with van der Waals surface area (Å²) in [4.78, 5) is 0.762. The zero-order valence-electron chi connectivity index (χ0n) is 5.69. The average molecular weight is 429 g/mol. The highest BCUT2D eigenvalue weighted by molar-refractivity contribution is 14.1. The van der Waals surface area contributed by atoms with Gasteiger partial charge < -0.3 is 0 Å². The van der Waals surface area contributed by atoms with Crippen molar-refractivity contribution in [3.8, 4) is 0 Å². The van der Waals surface area contributed by atoms with Gasteiger partial charge in [-0.25, -0.2) is 0 Å². The predicted octanol–water partition coefficient (Wildman–Crippen LogP) is 3.93. The molecule has 1 rings (SSSR count). The molecule has 1 aliphatic rings. The van der Waals surface area contributed by atoms with Crippen LogP contribution in [0.4, 0.5) is 0 Å². The predicted molar refractivity (Wildman–Crippen MR) is 66.8 cm³/mol. The zero-order valence-corrected chi connectivity index (χ0v) is 11.6. The molecule has 0 bridgehead atoms. The Hall–Kier alpha value is 1.94. The topological polar surface area (TPSA) is 0 Å². The van der Waals surface area contributed by atoms with Crippen molar-refractivity contribution in [1.82, 2.24) is 0 Å². The summed E-state index contributed by atoms with van der Waals surface area (Å²) >= 11 is 8.87. The lowest BCUT2D eigenvalue weighted by atomic mass is 10.2. The van der Waals surface area contributed by atoms with Gasteiger partial charge in [-0.05, 0) is 19.3 Å². The van der Waals surface area contributed by atoms with Crippen LogP contribution in [0.3, 0.4) is 0 Å². The highest BCUT2D eigenvalue weighted by Gasteiger charge is 2.22. The van der Waals surface area contributed by atoms with Gasteiger partial charge in [-0.2, -0.15) is 0 Å². The number of rotatable bonds is 0. The van der Waals surface area contributed by atoms with Crippen LogP contribution < -0.4 is 0 Å². The zero-order chi connectivity index (χ0) is 7.56. The quantitative estimate of drug-likeness (QED) is 0.311. The van der Waals surface area contributed by atoms with Gasteiger partial charge >= 0.3 is 0 Å². The fourth-order valence-corrected chi connectivity index (χ4v) is 4.36. The van der Waals surface area contributed by atoms with E-state index in [-0.39, 0.29) is 0 Å². The molecule has 0 spiro atoms. The lowest BCUT2D eigenvalue weighted by Gasteiger charge is -2.12. The monoisotopic (exact) mass is 428 g/mol. The maximum absolute atomic E-state index is 3.73. The highest BCUT2D eigenvalue weighted by Crippen LogP contribution is 2.32. The van der Waals surface area contributed by atoms with Crippen LogP contribution in [-0.2, 0) is 0 Å². The van der Waals surface area contributed by atoms with Crippen LogP contribution in [-0.4, -0.2) is 12.7 Å². The smallest absolute Gasteiger partial charge is 0.0273 e.